The summed E-state index contributed by atoms with van der Waals surface area (Å²) in [5.74, 6) is -0.182. The van der Waals surface area contributed by atoms with E-state index in [1.54, 1.807) is 11.3 Å². The molecule has 2 heterocycles. The molecule has 2 aromatic heterocycles. The predicted octanol–water partition coefficient (Wildman–Crippen LogP) is 4.24. The van der Waals surface area contributed by atoms with Gasteiger partial charge in [0, 0.05) is 15.3 Å². The second kappa shape index (κ2) is 5.67. The SMILES string of the molecule is CCOC(=O)Cc1sccc1-c1ccc(Cl)s1. The standard InChI is InChI=1S/C12H11ClO2S2/c1-2-15-12(14)7-10-8(5-6-16-10)9-3-4-11(13)17-9/h3-6H,2,7H2,1H3. The summed E-state index contributed by atoms with van der Waals surface area (Å²) in [5, 5.41) is 1.98. The number of carbonyl (C=O) groups is 1. The van der Waals surface area contributed by atoms with Crippen molar-refractivity contribution in [3.63, 3.8) is 0 Å². The zero-order valence-corrected chi connectivity index (χ0v) is 11.6. The average molecular weight is 287 g/mol. The largest absolute Gasteiger partial charge is 0.466 e. The van der Waals surface area contributed by atoms with Crippen LogP contribution in [0.5, 0.6) is 0 Å². The molecule has 2 rings (SSSR count). The molecule has 5 heteroatoms. The third kappa shape index (κ3) is 3.09. The molecule has 17 heavy (non-hydrogen) atoms. The number of rotatable bonds is 4. The Kier molecular flexibility index (Phi) is 4.20. The van der Waals surface area contributed by atoms with Crippen LogP contribution in [0.3, 0.4) is 0 Å². The van der Waals surface area contributed by atoms with Crippen LogP contribution in [0.4, 0.5) is 0 Å². The van der Waals surface area contributed by atoms with Crippen LogP contribution in [0.25, 0.3) is 10.4 Å². The zero-order chi connectivity index (χ0) is 12.3. The van der Waals surface area contributed by atoms with Gasteiger partial charge in [0.25, 0.3) is 0 Å². The van der Waals surface area contributed by atoms with Gasteiger partial charge in [0.15, 0.2) is 0 Å². The number of esters is 1. The number of carbonyl (C=O) groups excluding carboxylic acids is 1. The van der Waals surface area contributed by atoms with Crippen molar-refractivity contribution in [2.45, 2.75) is 13.3 Å². The van der Waals surface area contributed by atoms with Crippen molar-refractivity contribution in [2.24, 2.45) is 0 Å². The lowest BCUT2D eigenvalue weighted by atomic mass is 10.2. The molecule has 0 atom stereocenters. The highest BCUT2D eigenvalue weighted by Gasteiger charge is 2.13. The van der Waals surface area contributed by atoms with E-state index >= 15 is 0 Å². The quantitative estimate of drug-likeness (QED) is 0.786. The molecule has 0 aliphatic heterocycles. The molecule has 90 valence electrons. The summed E-state index contributed by atoms with van der Waals surface area (Å²) < 4.78 is 5.71. The summed E-state index contributed by atoms with van der Waals surface area (Å²) in [5.41, 5.74) is 1.08. The van der Waals surface area contributed by atoms with Crippen LogP contribution in [-0.2, 0) is 16.0 Å². The van der Waals surface area contributed by atoms with Gasteiger partial charge in [-0.2, -0.15) is 0 Å². The molecule has 0 N–H and O–H groups in total. The van der Waals surface area contributed by atoms with Gasteiger partial charge >= 0.3 is 5.97 Å². The Balaban J connectivity index is 2.20. The summed E-state index contributed by atoms with van der Waals surface area (Å²) in [4.78, 5) is 13.6. The maximum Gasteiger partial charge on any atom is 0.311 e. The van der Waals surface area contributed by atoms with Crippen molar-refractivity contribution in [3.05, 3.63) is 32.8 Å². The lowest BCUT2D eigenvalue weighted by Crippen LogP contribution is -2.06. The van der Waals surface area contributed by atoms with E-state index in [4.69, 9.17) is 16.3 Å². The monoisotopic (exact) mass is 286 g/mol. The van der Waals surface area contributed by atoms with Crippen molar-refractivity contribution < 1.29 is 9.53 Å². The number of ether oxygens (including phenoxy) is 1. The normalized spacial score (nSPS) is 10.5. The summed E-state index contributed by atoms with van der Waals surface area (Å²) in [6.07, 6.45) is 0.330. The zero-order valence-electron chi connectivity index (χ0n) is 9.23. The van der Waals surface area contributed by atoms with Crippen molar-refractivity contribution in [2.75, 3.05) is 6.61 Å². The van der Waals surface area contributed by atoms with Gasteiger partial charge in [0.2, 0.25) is 0 Å². The first-order chi connectivity index (χ1) is 8.20. The van der Waals surface area contributed by atoms with E-state index in [2.05, 4.69) is 0 Å². The topological polar surface area (TPSA) is 26.3 Å². The first-order valence-corrected chi connectivity index (χ1v) is 7.25. The highest BCUT2D eigenvalue weighted by atomic mass is 35.5. The smallest absolute Gasteiger partial charge is 0.311 e. The fraction of sp³-hybridized carbons (Fsp3) is 0.250. The number of halogens is 1. The van der Waals surface area contributed by atoms with Crippen LogP contribution in [0, 0.1) is 0 Å². The molecule has 0 saturated carbocycles. The molecule has 0 saturated heterocycles. The first-order valence-electron chi connectivity index (χ1n) is 5.18. The van der Waals surface area contributed by atoms with Crippen LogP contribution in [0.2, 0.25) is 4.34 Å². The minimum Gasteiger partial charge on any atom is -0.466 e. The van der Waals surface area contributed by atoms with Crippen LogP contribution < -0.4 is 0 Å². The Morgan fingerprint density at radius 3 is 2.88 bits per heavy atom. The molecule has 2 nitrogen and oxygen atoms in total. The molecule has 2 aromatic rings. The van der Waals surface area contributed by atoms with E-state index in [9.17, 15) is 4.79 Å². The summed E-state index contributed by atoms with van der Waals surface area (Å²) in [7, 11) is 0. The highest BCUT2D eigenvalue weighted by Crippen LogP contribution is 2.35. The predicted molar refractivity (Wildman–Crippen MR) is 73.0 cm³/mol. The summed E-state index contributed by atoms with van der Waals surface area (Å²) >= 11 is 9.01. The van der Waals surface area contributed by atoms with E-state index in [-0.39, 0.29) is 5.97 Å². The lowest BCUT2D eigenvalue weighted by molar-refractivity contribution is -0.142. The average Bonchev–Trinajstić information content (AvgIpc) is 2.87. The molecular weight excluding hydrogens is 276 g/mol. The third-order valence-electron chi connectivity index (χ3n) is 2.19. The molecule has 0 aliphatic rings. The van der Waals surface area contributed by atoms with Crippen molar-refractivity contribution in [3.8, 4) is 10.4 Å². The first kappa shape index (κ1) is 12.6. The van der Waals surface area contributed by atoms with Gasteiger partial charge in [0.1, 0.15) is 0 Å². The Morgan fingerprint density at radius 2 is 2.24 bits per heavy atom. The fourth-order valence-corrected chi connectivity index (χ4v) is 3.53. The Labute approximate surface area is 113 Å². The maximum atomic E-state index is 11.5. The number of hydrogen-bond donors (Lipinski definition) is 0. The second-order valence-corrected chi connectivity index (χ2v) is 6.06. The van der Waals surface area contributed by atoms with Crippen LogP contribution in [0.1, 0.15) is 11.8 Å². The van der Waals surface area contributed by atoms with E-state index < -0.39 is 0 Å². The van der Waals surface area contributed by atoms with Gasteiger partial charge in [-0.05, 0) is 30.5 Å². The Morgan fingerprint density at radius 1 is 1.41 bits per heavy atom. The minimum absolute atomic E-state index is 0.182. The summed E-state index contributed by atoms with van der Waals surface area (Å²) in [6.45, 7) is 2.23. The fourth-order valence-electron chi connectivity index (χ4n) is 1.50. The number of thiophene rings is 2. The molecule has 0 amide bonds. The molecule has 0 fully saturated rings. The van der Waals surface area contributed by atoms with Crippen LogP contribution in [-0.4, -0.2) is 12.6 Å². The van der Waals surface area contributed by atoms with E-state index in [1.807, 2.05) is 30.5 Å². The van der Waals surface area contributed by atoms with Crippen LogP contribution in [0.15, 0.2) is 23.6 Å². The van der Waals surface area contributed by atoms with E-state index in [0.717, 1.165) is 19.7 Å². The molecule has 0 unspecified atom stereocenters. The number of hydrogen-bond acceptors (Lipinski definition) is 4. The summed E-state index contributed by atoms with van der Waals surface area (Å²) in [6, 6.07) is 5.86. The van der Waals surface area contributed by atoms with Gasteiger partial charge < -0.3 is 4.74 Å². The molecule has 0 aromatic carbocycles. The lowest BCUT2D eigenvalue weighted by Gasteiger charge is -2.02. The van der Waals surface area contributed by atoms with E-state index in [0.29, 0.717) is 13.0 Å². The van der Waals surface area contributed by atoms with E-state index in [1.165, 1.54) is 11.3 Å². The third-order valence-corrected chi connectivity index (χ3v) is 4.38. The van der Waals surface area contributed by atoms with Gasteiger partial charge in [-0.1, -0.05) is 11.6 Å². The Hall–Kier alpha value is -0.840. The molecular formula is C12H11ClO2S2. The second-order valence-electron chi connectivity index (χ2n) is 3.34. The minimum atomic E-state index is -0.182. The van der Waals surface area contributed by atoms with Crippen LogP contribution >= 0.6 is 34.3 Å². The van der Waals surface area contributed by atoms with Crippen molar-refractivity contribution in [1.82, 2.24) is 0 Å². The molecule has 0 aliphatic carbocycles. The Bertz CT molecular complexity index is 516. The van der Waals surface area contributed by atoms with Gasteiger partial charge in [-0.15, -0.1) is 22.7 Å². The highest BCUT2D eigenvalue weighted by molar-refractivity contribution is 7.19. The van der Waals surface area contributed by atoms with Gasteiger partial charge in [0.05, 0.1) is 17.4 Å². The maximum absolute atomic E-state index is 11.5. The molecule has 0 bridgehead atoms. The molecule has 0 spiro atoms. The van der Waals surface area contributed by atoms with Gasteiger partial charge in [-0.25, -0.2) is 0 Å². The van der Waals surface area contributed by atoms with Gasteiger partial charge in [-0.3, -0.25) is 4.79 Å². The van der Waals surface area contributed by atoms with Crippen molar-refractivity contribution in [1.29, 1.82) is 0 Å². The van der Waals surface area contributed by atoms with Crippen molar-refractivity contribution >= 4 is 40.2 Å². The molecule has 0 radical (unpaired) electrons.